The predicted octanol–water partition coefficient (Wildman–Crippen LogP) is 5.96. The zero-order valence-corrected chi connectivity index (χ0v) is 25.3. The number of halogens is 3. The third kappa shape index (κ3) is 7.55. The summed E-state index contributed by atoms with van der Waals surface area (Å²) in [7, 11) is -4.52. The van der Waals surface area contributed by atoms with Crippen molar-refractivity contribution in [1.29, 1.82) is 0 Å². The van der Waals surface area contributed by atoms with Crippen molar-refractivity contribution in [3.05, 3.63) is 83.4 Å². The minimum absolute atomic E-state index is 0.0652. The number of ether oxygens (including phenoxy) is 1. The molecule has 1 saturated carbocycles. The minimum atomic E-state index is -4.52. The van der Waals surface area contributed by atoms with Crippen LogP contribution in [0.2, 0.25) is 5.02 Å². The van der Waals surface area contributed by atoms with Crippen LogP contribution in [0, 0.1) is 5.92 Å². The molecule has 2 aliphatic rings. The number of carbonyl (C=O) groups is 1. The zero-order valence-electron chi connectivity index (χ0n) is 23.7. The predicted molar refractivity (Wildman–Crippen MR) is 163 cm³/mol. The Hall–Kier alpha value is -3.05. The molecule has 0 bridgehead atoms. The van der Waals surface area contributed by atoms with Crippen LogP contribution in [0.1, 0.15) is 44.1 Å². The van der Waals surface area contributed by atoms with Crippen molar-refractivity contribution in [2.75, 3.05) is 19.7 Å². The highest BCUT2D eigenvalue weighted by molar-refractivity contribution is 7.89. The number of hydrogen-bond donors (Lipinski definition) is 2. The highest BCUT2D eigenvalue weighted by Gasteiger charge is 2.50. The van der Waals surface area contributed by atoms with Gasteiger partial charge in [0.25, 0.3) is 5.92 Å². The van der Waals surface area contributed by atoms with Crippen LogP contribution in [0.15, 0.2) is 77.7 Å². The van der Waals surface area contributed by atoms with E-state index in [0.717, 1.165) is 18.4 Å². The summed E-state index contributed by atoms with van der Waals surface area (Å²) in [5, 5.41) is 0.545. The van der Waals surface area contributed by atoms with Crippen molar-refractivity contribution < 1.29 is 26.7 Å². The van der Waals surface area contributed by atoms with Gasteiger partial charge < -0.3 is 15.4 Å². The van der Waals surface area contributed by atoms with Crippen LogP contribution in [0.4, 0.5) is 8.78 Å². The number of hydrogen-bond acceptors (Lipinski definition) is 5. The molecule has 230 valence electrons. The third-order valence-electron chi connectivity index (χ3n) is 8.21. The lowest BCUT2D eigenvalue weighted by molar-refractivity contribution is -0.143. The number of alkyl halides is 2. The zero-order chi connectivity index (χ0) is 30.6. The smallest absolute Gasteiger partial charge is 0.298 e. The lowest BCUT2D eigenvalue weighted by Crippen LogP contribution is -2.56. The highest BCUT2D eigenvalue weighted by Crippen LogP contribution is 2.36. The fraction of sp³-hybridized carbons (Fsp3) is 0.406. The van der Waals surface area contributed by atoms with Crippen LogP contribution in [0.25, 0.3) is 11.1 Å². The summed E-state index contributed by atoms with van der Waals surface area (Å²) in [6.45, 7) is 0.772. The normalized spacial score (nSPS) is 18.9. The summed E-state index contributed by atoms with van der Waals surface area (Å²) in [6, 6.07) is 15.2. The van der Waals surface area contributed by atoms with Gasteiger partial charge in [0.15, 0.2) is 6.04 Å². The summed E-state index contributed by atoms with van der Waals surface area (Å²) in [4.78, 5) is 14.4. The summed E-state index contributed by atoms with van der Waals surface area (Å²) in [5.74, 6) is -3.95. The van der Waals surface area contributed by atoms with Crippen LogP contribution in [0.5, 0.6) is 5.75 Å². The molecule has 0 radical (unpaired) electrons. The lowest BCUT2D eigenvalue weighted by Gasteiger charge is -2.30. The first kappa shape index (κ1) is 31.4. The van der Waals surface area contributed by atoms with E-state index in [1.807, 2.05) is 4.72 Å². The van der Waals surface area contributed by atoms with Crippen molar-refractivity contribution in [1.82, 2.24) is 9.62 Å². The Balaban J connectivity index is 1.37. The van der Waals surface area contributed by atoms with E-state index in [0.29, 0.717) is 35.3 Å². The average molecular weight is 632 g/mol. The van der Waals surface area contributed by atoms with Gasteiger partial charge in [-0.3, -0.25) is 4.79 Å². The van der Waals surface area contributed by atoms with E-state index in [1.165, 1.54) is 72.7 Å². The number of nitrogens with two attached hydrogens (primary N) is 1. The van der Waals surface area contributed by atoms with Gasteiger partial charge in [-0.2, -0.15) is 13.5 Å². The number of carbonyl (C=O) groups excluding carboxylic acids is 1. The second kappa shape index (κ2) is 13.3. The molecule has 0 spiro atoms. The summed E-state index contributed by atoms with van der Waals surface area (Å²) in [6.07, 6.45) is 6.23. The Kier molecular flexibility index (Phi) is 9.70. The second-order valence-electron chi connectivity index (χ2n) is 11.4. The molecule has 1 unspecified atom stereocenters. The number of benzene rings is 3. The molecule has 2 fully saturated rings. The van der Waals surface area contributed by atoms with Gasteiger partial charge in [-0.1, -0.05) is 67.3 Å². The first-order valence-corrected chi connectivity index (χ1v) is 16.4. The van der Waals surface area contributed by atoms with Crippen LogP contribution in [0.3, 0.4) is 0 Å². The van der Waals surface area contributed by atoms with E-state index < -0.39 is 33.5 Å². The molecule has 7 nitrogen and oxygen atoms in total. The maximum Gasteiger partial charge on any atom is 0.298 e. The highest BCUT2D eigenvalue weighted by atomic mass is 35.5. The Labute approximate surface area is 256 Å². The van der Waals surface area contributed by atoms with Crippen LogP contribution >= 0.6 is 11.6 Å². The SMILES string of the molecule is N[C@H]1CCN(C(=O)C(NS(=O)(=O)c2ccc(OCC3CCCCC3)cc2)C(F)(F)c2ccc(-c3ccc(Cl)cc3)cc2)C1. The van der Waals surface area contributed by atoms with E-state index >= 15 is 8.78 Å². The second-order valence-corrected chi connectivity index (χ2v) is 13.5. The van der Waals surface area contributed by atoms with E-state index in [2.05, 4.69) is 0 Å². The number of likely N-dealkylation sites (tertiary alicyclic amines) is 1. The van der Waals surface area contributed by atoms with Gasteiger partial charge in [0.05, 0.1) is 11.5 Å². The maximum atomic E-state index is 16.2. The number of nitrogens with zero attached hydrogens (tertiary/aromatic N) is 1. The molecule has 3 aromatic carbocycles. The largest absolute Gasteiger partial charge is 0.493 e. The quantitative estimate of drug-likeness (QED) is 0.287. The van der Waals surface area contributed by atoms with Gasteiger partial charge in [0.2, 0.25) is 15.9 Å². The van der Waals surface area contributed by atoms with Gasteiger partial charge in [0, 0.05) is 29.7 Å². The Morgan fingerprint density at radius 1 is 0.953 bits per heavy atom. The first-order chi connectivity index (χ1) is 20.5. The van der Waals surface area contributed by atoms with Crippen molar-refractivity contribution in [3.8, 4) is 16.9 Å². The molecule has 2 atom stereocenters. The molecule has 11 heteroatoms. The standard InChI is InChI=1S/C32H36ClF2N3O4S/c33-26-12-8-24(9-13-26)23-6-10-25(11-7-23)32(34,35)30(31(39)38-19-18-27(36)20-38)37-43(40,41)29-16-14-28(15-17-29)42-21-22-4-2-1-3-5-22/h6-17,22,27,30,37H,1-5,18-21,36H2/t27-,30?/m0/s1. The van der Waals surface area contributed by atoms with Crippen molar-refractivity contribution in [3.63, 3.8) is 0 Å². The Bertz CT molecular complexity index is 1500. The fourth-order valence-electron chi connectivity index (χ4n) is 5.65. The van der Waals surface area contributed by atoms with Crippen molar-refractivity contribution in [2.24, 2.45) is 11.7 Å². The third-order valence-corrected chi connectivity index (χ3v) is 9.90. The molecule has 5 rings (SSSR count). The minimum Gasteiger partial charge on any atom is -0.493 e. The molecular weight excluding hydrogens is 596 g/mol. The molecule has 1 amide bonds. The van der Waals surface area contributed by atoms with Crippen molar-refractivity contribution in [2.45, 2.75) is 61.4 Å². The number of sulfonamides is 1. The molecule has 43 heavy (non-hydrogen) atoms. The van der Waals surface area contributed by atoms with Crippen LogP contribution < -0.4 is 15.2 Å². The molecule has 3 N–H and O–H groups in total. The van der Waals surface area contributed by atoms with Crippen molar-refractivity contribution >= 4 is 27.5 Å². The topological polar surface area (TPSA) is 102 Å². The van der Waals surface area contributed by atoms with Gasteiger partial charge >= 0.3 is 0 Å². The summed E-state index contributed by atoms with van der Waals surface area (Å²) < 4.78 is 67.0. The Morgan fingerprint density at radius 2 is 1.56 bits per heavy atom. The molecule has 1 aliphatic heterocycles. The van der Waals surface area contributed by atoms with Gasteiger partial charge in [0.1, 0.15) is 5.75 Å². The molecule has 1 heterocycles. The van der Waals surface area contributed by atoms with Gasteiger partial charge in [-0.05, 0) is 72.7 Å². The van der Waals surface area contributed by atoms with Crippen LogP contribution in [-0.2, 0) is 20.7 Å². The molecule has 3 aromatic rings. The number of nitrogens with one attached hydrogen (secondary N) is 1. The molecular formula is C32H36ClF2N3O4S. The number of amides is 1. The number of rotatable bonds is 10. The average Bonchev–Trinajstić information content (AvgIpc) is 3.46. The molecule has 1 saturated heterocycles. The first-order valence-electron chi connectivity index (χ1n) is 14.6. The summed E-state index contributed by atoms with van der Waals surface area (Å²) >= 11 is 5.95. The lowest BCUT2D eigenvalue weighted by atomic mass is 9.90. The summed E-state index contributed by atoms with van der Waals surface area (Å²) in [5.41, 5.74) is 6.86. The Morgan fingerprint density at radius 3 is 2.14 bits per heavy atom. The van der Waals surface area contributed by atoms with E-state index in [4.69, 9.17) is 22.1 Å². The van der Waals surface area contributed by atoms with E-state index in [1.54, 1.807) is 24.3 Å². The van der Waals surface area contributed by atoms with E-state index in [9.17, 15) is 13.2 Å². The maximum absolute atomic E-state index is 16.2. The van der Waals surface area contributed by atoms with E-state index in [-0.39, 0.29) is 24.0 Å². The fourth-order valence-corrected chi connectivity index (χ4v) is 6.97. The monoisotopic (exact) mass is 631 g/mol. The van der Waals surface area contributed by atoms with Gasteiger partial charge in [-0.25, -0.2) is 8.42 Å². The van der Waals surface area contributed by atoms with Gasteiger partial charge in [-0.15, -0.1) is 0 Å². The molecule has 0 aromatic heterocycles. The van der Waals surface area contributed by atoms with Crippen LogP contribution in [-0.4, -0.2) is 51.0 Å². The molecule has 1 aliphatic carbocycles.